The van der Waals surface area contributed by atoms with Crippen LogP contribution in [-0.2, 0) is 6.54 Å². The highest BCUT2D eigenvalue weighted by Gasteiger charge is 2.31. The predicted octanol–water partition coefficient (Wildman–Crippen LogP) is 5.86. The van der Waals surface area contributed by atoms with Crippen LogP contribution in [0.2, 0.25) is 0 Å². The van der Waals surface area contributed by atoms with Crippen LogP contribution in [0.3, 0.4) is 0 Å². The summed E-state index contributed by atoms with van der Waals surface area (Å²) in [5, 5.41) is 3.71. The lowest BCUT2D eigenvalue weighted by molar-refractivity contribution is -0.274. The molecule has 0 saturated carbocycles. The van der Waals surface area contributed by atoms with Crippen molar-refractivity contribution >= 4 is 16.8 Å². The molecule has 0 bridgehead atoms. The van der Waals surface area contributed by atoms with Gasteiger partial charge in [0.15, 0.2) is 0 Å². The number of aromatic nitrogens is 1. The smallest absolute Gasteiger partial charge is 0.457 e. The molecule has 0 atom stereocenters. The first-order valence-electron chi connectivity index (χ1n) is 9.61. The van der Waals surface area contributed by atoms with Crippen LogP contribution in [0.25, 0.3) is 10.9 Å². The average Bonchev–Trinajstić information content (AvgIpc) is 2.76. The minimum atomic E-state index is -4.78. The van der Waals surface area contributed by atoms with E-state index in [1.807, 2.05) is 6.07 Å². The summed E-state index contributed by atoms with van der Waals surface area (Å²) in [5.74, 6) is -0.00141. The number of rotatable bonds is 6. The summed E-state index contributed by atoms with van der Waals surface area (Å²) in [6.07, 6.45) is -3.09. The Morgan fingerprint density at radius 2 is 1.62 bits per heavy atom. The number of benzene rings is 3. The topological polar surface area (TPSA) is 60.5 Å². The molecule has 0 unspecified atom stereocenters. The van der Waals surface area contributed by atoms with Gasteiger partial charge in [-0.3, -0.25) is 9.78 Å². The Hall–Kier alpha value is -4.07. The molecule has 0 fully saturated rings. The molecule has 1 aromatic heterocycles. The van der Waals surface area contributed by atoms with Gasteiger partial charge in [0, 0.05) is 29.8 Å². The van der Waals surface area contributed by atoms with Gasteiger partial charge in [0.1, 0.15) is 17.2 Å². The molecule has 4 aromatic rings. The standard InChI is InChI=1S/C24H17F3N2O3/c25-24(26,27)32-21-8-2-7-20(14-21)31-19-6-1-4-16(12-19)15-29-23(30)18-9-10-22-17(13-18)5-3-11-28-22/h1-14H,15H2,(H,29,30). The third kappa shape index (κ3) is 5.54. The van der Waals surface area contributed by atoms with E-state index in [1.54, 1.807) is 54.7 Å². The molecule has 5 nitrogen and oxygen atoms in total. The second kappa shape index (κ2) is 8.97. The number of alkyl halides is 3. The fourth-order valence-electron chi connectivity index (χ4n) is 3.09. The molecular formula is C24H17F3N2O3. The summed E-state index contributed by atoms with van der Waals surface area (Å²) >= 11 is 0. The van der Waals surface area contributed by atoms with E-state index in [4.69, 9.17) is 4.74 Å². The number of nitrogens with one attached hydrogen (secondary N) is 1. The van der Waals surface area contributed by atoms with E-state index < -0.39 is 6.36 Å². The molecule has 1 heterocycles. The number of carbonyl (C=O) groups is 1. The average molecular weight is 438 g/mol. The van der Waals surface area contributed by atoms with E-state index in [0.29, 0.717) is 11.3 Å². The maximum Gasteiger partial charge on any atom is 0.573 e. The van der Waals surface area contributed by atoms with Crippen LogP contribution in [0, 0.1) is 0 Å². The van der Waals surface area contributed by atoms with Crippen LogP contribution < -0.4 is 14.8 Å². The maximum absolute atomic E-state index is 12.5. The van der Waals surface area contributed by atoms with Crippen LogP contribution >= 0.6 is 0 Å². The zero-order valence-corrected chi connectivity index (χ0v) is 16.6. The molecule has 0 saturated heterocycles. The maximum atomic E-state index is 12.5. The molecule has 1 N–H and O–H groups in total. The van der Waals surface area contributed by atoms with E-state index in [0.717, 1.165) is 22.5 Å². The monoisotopic (exact) mass is 438 g/mol. The Labute approximate surface area is 181 Å². The number of hydrogen-bond acceptors (Lipinski definition) is 4. The van der Waals surface area contributed by atoms with Crippen molar-refractivity contribution < 1.29 is 27.4 Å². The molecule has 4 rings (SSSR count). The van der Waals surface area contributed by atoms with Crippen molar-refractivity contribution in [1.29, 1.82) is 0 Å². The first kappa shape index (κ1) is 21.2. The Balaban J connectivity index is 1.41. The predicted molar refractivity (Wildman–Crippen MR) is 113 cm³/mol. The van der Waals surface area contributed by atoms with Crippen LogP contribution in [-0.4, -0.2) is 17.3 Å². The largest absolute Gasteiger partial charge is 0.573 e. The number of hydrogen-bond donors (Lipinski definition) is 1. The van der Waals surface area contributed by atoms with Gasteiger partial charge in [0.25, 0.3) is 5.91 Å². The third-order valence-corrected chi connectivity index (χ3v) is 4.49. The van der Waals surface area contributed by atoms with Crippen LogP contribution in [0.1, 0.15) is 15.9 Å². The van der Waals surface area contributed by atoms with Gasteiger partial charge in [-0.2, -0.15) is 0 Å². The first-order chi connectivity index (χ1) is 15.4. The van der Waals surface area contributed by atoms with Gasteiger partial charge < -0.3 is 14.8 Å². The zero-order valence-electron chi connectivity index (χ0n) is 16.6. The second-order valence-electron chi connectivity index (χ2n) is 6.87. The summed E-state index contributed by atoms with van der Waals surface area (Å²) in [7, 11) is 0. The molecule has 8 heteroatoms. The lowest BCUT2D eigenvalue weighted by Crippen LogP contribution is -2.22. The zero-order chi connectivity index (χ0) is 22.6. The number of carbonyl (C=O) groups excluding carboxylic acids is 1. The van der Waals surface area contributed by atoms with Gasteiger partial charge in [-0.1, -0.05) is 24.3 Å². The Morgan fingerprint density at radius 1 is 0.875 bits per heavy atom. The van der Waals surface area contributed by atoms with E-state index in [-0.39, 0.29) is 24.0 Å². The normalized spacial score (nSPS) is 11.2. The molecule has 3 aromatic carbocycles. The highest BCUT2D eigenvalue weighted by Crippen LogP contribution is 2.29. The van der Waals surface area contributed by atoms with Crippen molar-refractivity contribution in [3.8, 4) is 17.2 Å². The number of pyridine rings is 1. The van der Waals surface area contributed by atoms with Crippen molar-refractivity contribution in [2.45, 2.75) is 12.9 Å². The molecule has 0 aliphatic carbocycles. The highest BCUT2D eigenvalue weighted by atomic mass is 19.4. The summed E-state index contributed by atoms with van der Waals surface area (Å²) in [6, 6.07) is 21.1. The molecule has 0 aliphatic heterocycles. The third-order valence-electron chi connectivity index (χ3n) is 4.49. The minimum Gasteiger partial charge on any atom is -0.457 e. The van der Waals surface area contributed by atoms with E-state index in [2.05, 4.69) is 15.0 Å². The number of halogens is 3. The fraction of sp³-hybridized carbons (Fsp3) is 0.0833. The minimum absolute atomic E-state index is 0.192. The Morgan fingerprint density at radius 3 is 2.44 bits per heavy atom. The van der Waals surface area contributed by atoms with Crippen LogP contribution in [0.4, 0.5) is 13.2 Å². The summed E-state index contributed by atoms with van der Waals surface area (Å²) in [6.45, 7) is 0.248. The first-order valence-corrected chi connectivity index (χ1v) is 9.61. The molecule has 0 spiro atoms. The lowest BCUT2D eigenvalue weighted by Gasteiger charge is -2.12. The molecule has 0 aliphatic rings. The van der Waals surface area contributed by atoms with Gasteiger partial charge >= 0.3 is 6.36 Å². The Bertz CT molecular complexity index is 1260. The van der Waals surface area contributed by atoms with Crippen molar-refractivity contribution in [2.24, 2.45) is 0 Å². The van der Waals surface area contributed by atoms with Crippen molar-refractivity contribution in [1.82, 2.24) is 10.3 Å². The fourth-order valence-corrected chi connectivity index (χ4v) is 3.09. The van der Waals surface area contributed by atoms with Crippen molar-refractivity contribution in [2.75, 3.05) is 0 Å². The SMILES string of the molecule is O=C(NCc1cccc(Oc2cccc(OC(F)(F)F)c2)c1)c1ccc2ncccc2c1. The highest BCUT2D eigenvalue weighted by molar-refractivity contribution is 5.97. The van der Waals surface area contributed by atoms with Crippen molar-refractivity contribution in [3.63, 3.8) is 0 Å². The number of nitrogens with zero attached hydrogens (tertiary/aromatic N) is 1. The lowest BCUT2D eigenvalue weighted by atomic mass is 10.1. The van der Waals surface area contributed by atoms with Gasteiger partial charge in [0.2, 0.25) is 0 Å². The van der Waals surface area contributed by atoms with Gasteiger partial charge in [-0.25, -0.2) is 0 Å². The van der Waals surface area contributed by atoms with Gasteiger partial charge in [-0.15, -0.1) is 13.2 Å². The number of amides is 1. The molecular weight excluding hydrogens is 421 g/mol. The summed E-state index contributed by atoms with van der Waals surface area (Å²) in [4.78, 5) is 16.8. The summed E-state index contributed by atoms with van der Waals surface area (Å²) < 4.78 is 46.8. The van der Waals surface area contributed by atoms with Crippen molar-refractivity contribution in [3.05, 3.63) is 96.2 Å². The van der Waals surface area contributed by atoms with Crippen LogP contribution in [0.15, 0.2) is 85.1 Å². The van der Waals surface area contributed by atoms with Gasteiger partial charge in [-0.05, 0) is 54.1 Å². The van der Waals surface area contributed by atoms with Crippen LogP contribution in [0.5, 0.6) is 17.2 Å². The number of fused-ring (bicyclic) bond motifs is 1. The van der Waals surface area contributed by atoms with E-state index in [9.17, 15) is 18.0 Å². The van der Waals surface area contributed by atoms with E-state index in [1.165, 1.54) is 18.2 Å². The quantitative estimate of drug-likeness (QED) is 0.410. The molecule has 32 heavy (non-hydrogen) atoms. The number of ether oxygens (including phenoxy) is 2. The Kier molecular flexibility index (Phi) is 5.93. The van der Waals surface area contributed by atoms with E-state index >= 15 is 0 Å². The van der Waals surface area contributed by atoms with Gasteiger partial charge in [0.05, 0.1) is 5.52 Å². The summed E-state index contributed by atoms with van der Waals surface area (Å²) in [5.41, 5.74) is 2.08. The molecule has 1 amide bonds. The second-order valence-corrected chi connectivity index (χ2v) is 6.87. The molecule has 162 valence electrons. The molecule has 0 radical (unpaired) electrons.